The summed E-state index contributed by atoms with van der Waals surface area (Å²) in [6.45, 7) is 9.51. The Bertz CT molecular complexity index is 359. The summed E-state index contributed by atoms with van der Waals surface area (Å²) in [7, 11) is 0. The van der Waals surface area contributed by atoms with Gasteiger partial charge in [0.1, 0.15) is 5.60 Å². The summed E-state index contributed by atoms with van der Waals surface area (Å²) in [6.07, 6.45) is 8.51. The van der Waals surface area contributed by atoms with Crippen LogP contribution in [-0.4, -0.2) is 22.3 Å². The van der Waals surface area contributed by atoms with Crippen LogP contribution in [0.1, 0.15) is 79.6 Å². The topological polar surface area (TPSA) is 46.5 Å². The first-order valence-electron chi connectivity index (χ1n) is 9.05. The van der Waals surface area contributed by atoms with Gasteiger partial charge in [0.15, 0.2) is 0 Å². The van der Waals surface area contributed by atoms with E-state index in [4.69, 9.17) is 4.74 Å². The molecule has 0 amide bonds. The Morgan fingerprint density at radius 1 is 1.14 bits per heavy atom. The predicted molar refractivity (Wildman–Crippen MR) is 88.4 cm³/mol. The van der Waals surface area contributed by atoms with Gasteiger partial charge >= 0.3 is 5.97 Å². The molecule has 1 unspecified atom stereocenters. The lowest BCUT2D eigenvalue weighted by atomic mass is 9.54. The van der Waals surface area contributed by atoms with Crippen LogP contribution in [0.25, 0.3) is 0 Å². The second kappa shape index (κ2) is 6.51. The van der Waals surface area contributed by atoms with E-state index >= 15 is 0 Å². The SMILES string of the molecule is CCC(C)C(=O)OC(C)(C)C.OC12CC3CC(CC(C3)C1)C2. The van der Waals surface area contributed by atoms with E-state index in [0.717, 1.165) is 43.4 Å². The van der Waals surface area contributed by atoms with E-state index in [1.165, 1.54) is 19.3 Å². The molecule has 4 aliphatic rings. The fourth-order valence-corrected chi connectivity index (χ4v) is 4.63. The van der Waals surface area contributed by atoms with Gasteiger partial charge < -0.3 is 9.84 Å². The molecule has 1 N–H and O–H groups in total. The van der Waals surface area contributed by atoms with Gasteiger partial charge in [-0.25, -0.2) is 0 Å². The molecule has 4 rings (SSSR count). The predicted octanol–water partition coefficient (Wildman–Crippen LogP) is 4.32. The Balaban J connectivity index is 0.000000160. The van der Waals surface area contributed by atoms with Crippen LogP contribution in [0, 0.1) is 23.7 Å². The van der Waals surface area contributed by atoms with Crippen molar-refractivity contribution in [1.29, 1.82) is 0 Å². The smallest absolute Gasteiger partial charge is 0.309 e. The van der Waals surface area contributed by atoms with Crippen LogP contribution in [0.15, 0.2) is 0 Å². The minimum Gasteiger partial charge on any atom is -0.460 e. The molecule has 3 heteroatoms. The first kappa shape index (κ1) is 17.8. The van der Waals surface area contributed by atoms with Gasteiger partial charge in [-0.3, -0.25) is 4.79 Å². The second-order valence-electron chi connectivity index (χ2n) is 8.98. The van der Waals surface area contributed by atoms with Crippen molar-refractivity contribution in [1.82, 2.24) is 0 Å². The molecule has 0 saturated heterocycles. The van der Waals surface area contributed by atoms with Crippen LogP contribution in [-0.2, 0) is 9.53 Å². The highest BCUT2D eigenvalue weighted by molar-refractivity contribution is 5.72. The molecule has 0 radical (unpaired) electrons. The maximum Gasteiger partial charge on any atom is 0.309 e. The average Bonchev–Trinajstić information content (AvgIpc) is 2.33. The number of rotatable bonds is 2. The van der Waals surface area contributed by atoms with E-state index in [0.29, 0.717) is 0 Å². The number of carbonyl (C=O) groups is 1. The van der Waals surface area contributed by atoms with Crippen LogP contribution in [0.5, 0.6) is 0 Å². The molecule has 0 aromatic heterocycles. The molecule has 1 atom stereocenters. The zero-order valence-corrected chi connectivity index (χ0v) is 15.0. The molecule has 0 spiro atoms. The van der Waals surface area contributed by atoms with Gasteiger partial charge in [0, 0.05) is 0 Å². The van der Waals surface area contributed by atoms with Gasteiger partial charge in [-0.1, -0.05) is 13.8 Å². The molecule has 128 valence electrons. The Labute approximate surface area is 135 Å². The molecule has 22 heavy (non-hydrogen) atoms. The van der Waals surface area contributed by atoms with Crippen molar-refractivity contribution in [2.45, 2.75) is 90.8 Å². The summed E-state index contributed by atoms with van der Waals surface area (Å²) in [6, 6.07) is 0. The molecule has 0 aliphatic heterocycles. The van der Waals surface area contributed by atoms with E-state index < -0.39 is 0 Å². The van der Waals surface area contributed by atoms with Crippen LogP contribution in [0.4, 0.5) is 0 Å². The van der Waals surface area contributed by atoms with Gasteiger partial charge in [-0.2, -0.15) is 0 Å². The number of carbonyl (C=O) groups excluding carboxylic acids is 1. The van der Waals surface area contributed by atoms with E-state index in [-0.39, 0.29) is 23.1 Å². The molecule has 0 aromatic carbocycles. The van der Waals surface area contributed by atoms with Crippen molar-refractivity contribution in [2.75, 3.05) is 0 Å². The summed E-state index contributed by atoms with van der Waals surface area (Å²) < 4.78 is 5.15. The van der Waals surface area contributed by atoms with Crippen molar-refractivity contribution >= 4 is 5.97 Å². The molecule has 3 nitrogen and oxygen atoms in total. The van der Waals surface area contributed by atoms with Crippen LogP contribution < -0.4 is 0 Å². The van der Waals surface area contributed by atoms with E-state index in [2.05, 4.69) is 0 Å². The molecule has 4 saturated carbocycles. The summed E-state index contributed by atoms with van der Waals surface area (Å²) in [5.74, 6) is 2.61. The maximum atomic E-state index is 11.2. The molecule has 0 heterocycles. The Kier molecular flexibility index (Phi) is 5.26. The van der Waals surface area contributed by atoms with E-state index in [1.807, 2.05) is 34.6 Å². The number of hydrogen-bond donors (Lipinski definition) is 1. The highest BCUT2D eigenvalue weighted by Crippen LogP contribution is 2.55. The largest absolute Gasteiger partial charge is 0.460 e. The van der Waals surface area contributed by atoms with Gasteiger partial charge in [0.2, 0.25) is 0 Å². The van der Waals surface area contributed by atoms with E-state index in [1.54, 1.807) is 0 Å². The lowest BCUT2D eigenvalue weighted by molar-refractivity contribution is -0.159. The van der Waals surface area contributed by atoms with Gasteiger partial charge in [0.05, 0.1) is 11.5 Å². The fourth-order valence-electron chi connectivity index (χ4n) is 4.63. The lowest BCUT2D eigenvalue weighted by Crippen LogP contribution is -2.50. The highest BCUT2D eigenvalue weighted by Gasteiger charge is 2.49. The molecule has 0 aromatic rings. The minimum atomic E-state index is -0.347. The summed E-state index contributed by atoms with van der Waals surface area (Å²) in [5, 5.41) is 10.1. The lowest BCUT2D eigenvalue weighted by Gasteiger charge is -2.54. The van der Waals surface area contributed by atoms with Crippen molar-refractivity contribution in [2.24, 2.45) is 23.7 Å². The molecule has 4 bridgehead atoms. The maximum absolute atomic E-state index is 11.2. The number of ether oxygens (including phenoxy) is 1. The molecular weight excluding hydrogens is 276 g/mol. The van der Waals surface area contributed by atoms with Gasteiger partial charge in [-0.05, 0) is 83.5 Å². The van der Waals surface area contributed by atoms with Crippen LogP contribution in [0.2, 0.25) is 0 Å². The summed E-state index contributed by atoms with van der Waals surface area (Å²) >= 11 is 0. The average molecular weight is 310 g/mol. The Morgan fingerprint density at radius 3 is 1.82 bits per heavy atom. The summed E-state index contributed by atoms with van der Waals surface area (Å²) in [4.78, 5) is 11.2. The van der Waals surface area contributed by atoms with Crippen molar-refractivity contribution < 1.29 is 14.6 Å². The molecular formula is C19H34O3. The molecule has 4 fully saturated rings. The first-order valence-corrected chi connectivity index (χ1v) is 9.05. The quantitative estimate of drug-likeness (QED) is 0.773. The third-order valence-electron chi connectivity index (χ3n) is 5.43. The highest BCUT2D eigenvalue weighted by atomic mass is 16.6. The number of esters is 1. The first-order chi connectivity index (χ1) is 10.1. The Morgan fingerprint density at radius 2 is 1.55 bits per heavy atom. The standard InChI is InChI=1S/C10H16O.C9H18O2/c11-10-4-7-1-8(5-10)3-9(2-7)6-10;1-6-7(2)8(10)11-9(3,4)5/h7-9,11H,1-6H2;7H,6H2,1-5H3. The van der Waals surface area contributed by atoms with Crippen LogP contribution >= 0.6 is 0 Å². The zero-order chi connectivity index (χ0) is 16.5. The minimum absolute atomic E-state index is 0.0224. The van der Waals surface area contributed by atoms with Gasteiger partial charge in [0.25, 0.3) is 0 Å². The van der Waals surface area contributed by atoms with Crippen molar-refractivity contribution in [3.05, 3.63) is 0 Å². The normalized spacial score (nSPS) is 37.3. The third kappa shape index (κ3) is 4.71. The fraction of sp³-hybridized carbons (Fsp3) is 0.947. The molecule has 4 aliphatic carbocycles. The van der Waals surface area contributed by atoms with Crippen molar-refractivity contribution in [3.8, 4) is 0 Å². The van der Waals surface area contributed by atoms with E-state index in [9.17, 15) is 9.90 Å². The second-order valence-corrected chi connectivity index (χ2v) is 8.98. The monoisotopic (exact) mass is 310 g/mol. The Hall–Kier alpha value is -0.570. The number of aliphatic hydroxyl groups is 1. The zero-order valence-electron chi connectivity index (χ0n) is 15.0. The number of hydrogen-bond acceptors (Lipinski definition) is 3. The third-order valence-corrected chi connectivity index (χ3v) is 5.43. The summed E-state index contributed by atoms with van der Waals surface area (Å²) in [5.41, 5.74) is -0.546. The van der Waals surface area contributed by atoms with Crippen molar-refractivity contribution in [3.63, 3.8) is 0 Å². The van der Waals surface area contributed by atoms with Crippen LogP contribution in [0.3, 0.4) is 0 Å². The van der Waals surface area contributed by atoms with Gasteiger partial charge in [-0.15, -0.1) is 0 Å².